The van der Waals surface area contributed by atoms with Gasteiger partial charge in [0, 0.05) is 26.2 Å². The lowest BCUT2D eigenvalue weighted by molar-refractivity contribution is -0.118. The van der Waals surface area contributed by atoms with E-state index in [1.807, 2.05) is 19.2 Å². The molecule has 0 radical (unpaired) electrons. The molecule has 1 unspecified atom stereocenters. The summed E-state index contributed by atoms with van der Waals surface area (Å²) in [6.45, 7) is 8.45. The minimum absolute atomic E-state index is 0.199. The van der Waals surface area contributed by atoms with Crippen LogP contribution in [0.3, 0.4) is 0 Å². The number of methoxy groups -OCH3 is 1. The number of rotatable bonds is 7. The molecule has 1 aliphatic heterocycles. The van der Waals surface area contributed by atoms with Gasteiger partial charge in [0.15, 0.2) is 0 Å². The van der Waals surface area contributed by atoms with Gasteiger partial charge < -0.3 is 15.0 Å². The Bertz CT molecular complexity index is 805. The summed E-state index contributed by atoms with van der Waals surface area (Å²) in [5.74, 6) is 1.13. The van der Waals surface area contributed by atoms with Crippen molar-refractivity contribution in [3.8, 4) is 5.75 Å². The van der Waals surface area contributed by atoms with Gasteiger partial charge in [0.25, 0.3) is 0 Å². The van der Waals surface area contributed by atoms with E-state index in [-0.39, 0.29) is 11.8 Å². The molecule has 5 heteroatoms. The number of hydrogen-bond donors (Lipinski definition) is 1. The molecular weight excluding hydrogens is 374 g/mol. The molecule has 1 heterocycles. The molecular formula is C25H37N3O2. The van der Waals surface area contributed by atoms with Crippen molar-refractivity contribution in [3.05, 3.63) is 53.6 Å². The van der Waals surface area contributed by atoms with Gasteiger partial charge in [-0.2, -0.15) is 0 Å². The Hall–Kier alpha value is -2.53. The highest BCUT2D eigenvalue weighted by molar-refractivity contribution is 5.77. The summed E-state index contributed by atoms with van der Waals surface area (Å²) in [4.78, 5) is 15.5. The van der Waals surface area contributed by atoms with E-state index in [0.717, 1.165) is 25.3 Å². The van der Waals surface area contributed by atoms with E-state index >= 15 is 0 Å². The van der Waals surface area contributed by atoms with Gasteiger partial charge in [-0.15, -0.1) is 0 Å². The number of carbonyl (C=O) groups is 1. The van der Waals surface area contributed by atoms with E-state index in [4.69, 9.17) is 4.74 Å². The zero-order valence-electron chi connectivity index (χ0n) is 19.4. The summed E-state index contributed by atoms with van der Waals surface area (Å²) in [7, 11) is 5.80. The van der Waals surface area contributed by atoms with Crippen molar-refractivity contribution in [2.75, 3.05) is 51.1 Å². The molecule has 0 saturated carbocycles. The van der Waals surface area contributed by atoms with Crippen LogP contribution >= 0.6 is 0 Å². The van der Waals surface area contributed by atoms with Gasteiger partial charge in [-0.3, -0.25) is 9.69 Å². The van der Waals surface area contributed by atoms with Crippen LogP contribution in [-0.4, -0.2) is 51.5 Å². The number of likely N-dealkylation sites (N-methyl/N-ethyl adjacent to an activating group) is 2. The predicted octanol–water partition coefficient (Wildman–Crippen LogP) is 4.78. The summed E-state index contributed by atoms with van der Waals surface area (Å²) in [6.07, 6.45) is 2.36. The standard InChI is InChI=1S/C15H23N3O.C10H14O/c1-11(19)10-18(4)12(2)13-5-6-15-14(9-13)16-7-8-17(15)3;1-3-4-9-5-7-10(11-2)8-6-9/h5-6,9,12,16H,7-8,10H2,1-4H3;5-8H,3-4H2,1-2H3. The van der Waals surface area contributed by atoms with E-state index in [1.165, 1.54) is 28.9 Å². The van der Waals surface area contributed by atoms with Crippen LogP contribution in [0.4, 0.5) is 11.4 Å². The normalized spacial score (nSPS) is 13.6. The average molecular weight is 412 g/mol. The Labute approximate surface area is 182 Å². The summed E-state index contributed by atoms with van der Waals surface area (Å²) >= 11 is 0. The molecule has 0 spiro atoms. The zero-order valence-corrected chi connectivity index (χ0v) is 19.4. The Morgan fingerprint density at radius 2 is 1.93 bits per heavy atom. The van der Waals surface area contributed by atoms with Crippen molar-refractivity contribution < 1.29 is 9.53 Å². The third kappa shape index (κ3) is 6.77. The molecule has 2 aromatic rings. The SMILES string of the molecule is CC(=O)CN(C)C(C)c1ccc2c(c1)NCCN2C.CCCc1ccc(OC)cc1. The van der Waals surface area contributed by atoms with E-state index < -0.39 is 0 Å². The van der Waals surface area contributed by atoms with Crippen LogP contribution in [-0.2, 0) is 11.2 Å². The van der Waals surface area contributed by atoms with Gasteiger partial charge >= 0.3 is 0 Å². The molecule has 0 bridgehead atoms. The number of ether oxygens (including phenoxy) is 1. The van der Waals surface area contributed by atoms with Gasteiger partial charge in [0.05, 0.1) is 25.0 Å². The maximum atomic E-state index is 11.2. The monoisotopic (exact) mass is 411 g/mol. The van der Waals surface area contributed by atoms with Crippen molar-refractivity contribution in [2.45, 2.75) is 39.7 Å². The molecule has 0 saturated heterocycles. The Morgan fingerprint density at radius 3 is 2.53 bits per heavy atom. The minimum atomic E-state index is 0.199. The van der Waals surface area contributed by atoms with E-state index in [1.54, 1.807) is 14.0 Å². The number of fused-ring (bicyclic) bond motifs is 1. The number of nitrogens with zero attached hydrogens (tertiary/aromatic N) is 2. The molecule has 164 valence electrons. The number of benzene rings is 2. The van der Waals surface area contributed by atoms with Crippen LogP contribution in [0, 0.1) is 0 Å². The number of hydrogen-bond acceptors (Lipinski definition) is 5. The lowest BCUT2D eigenvalue weighted by Gasteiger charge is -2.30. The molecule has 2 aromatic carbocycles. The molecule has 0 aromatic heterocycles. The van der Waals surface area contributed by atoms with Gasteiger partial charge in [0.2, 0.25) is 0 Å². The fourth-order valence-electron chi connectivity index (χ4n) is 3.59. The first-order valence-electron chi connectivity index (χ1n) is 10.8. The van der Waals surface area contributed by atoms with E-state index in [9.17, 15) is 4.79 Å². The maximum absolute atomic E-state index is 11.2. The van der Waals surface area contributed by atoms with Crippen molar-refractivity contribution in [1.82, 2.24) is 4.90 Å². The van der Waals surface area contributed by atoms with Gasteiger partial charge in [0.1, 0.15) is 11.5 Å². The minimum Gasteiger partial charge on any atom is -0.497 e. The Kier molecular flexibility index (Phi) is 9.18. The number of anilines is 2. The molecule has 5 nitrogen and oxygen atoms in total. The highest BCUT2D eigenvalue weighted by atomic mass is 16.5. The fraction of sp³-hybridized carbons (Fsp3) is 0.480. The topological polar surface area (TPSA) is 44.8 Å². The maximum Gasteiger partial charge on any atom is 0.143 e. The zero-order chi connectivity index (χ0) is 22.1. The van der Waals surface area contributed by atoms with Gasteiger partial charge in [-0.05, 0) is 62.7 Å². The third-order valence-electron chi connectivity index (χ3n) is 5.51. The lowest BCUT2D eigenvalue weighted by Crippen LogP contribution is -2.31. The summed E-state index contributed by atoms with van der Waals surface area (Å²) in [5, 5.41) is 3.44. The van der Waals surface area contributed by atoms with Crippen LogP contribution in [0.1, 0.15) is 44.4 Å². The first kappa shape index (κ1) is 23.7. The van der Waals surface area contributed by atoms with Crippen LogP contribution in [0.15, 0.2) is 42.5 Å². The molecule has 0 amide bonds. The van der Waals surface area contributed by atoms with E-state index in [0.29, 0.717) is 6.54 Å². The smallest absolute Gasteiger partial charge is 0.143 e. The summed E-state index contributed by atoms with van der Waals surface area (Å²) in [6, 6.07) is 15.0. The molecule has 1 aliphatic rings. The molecule has 1 N–H and O–H groups in total. The molecule has 3 rings (SSSR count). The van der Waals surface area contributed by atoms with Crippen LogP contribution < -0.4 is 15.0 Å². The quantitative estimate of drug-likeness (QED) is 0.710. The van der Waals surface area contributed by atoms with Crippen molar-refractivity contribution >= 4 is 17.2 Å². The van der Waals surface area contributed by atoms with Crippen LogP contribution in [0.25, 0.3) is 0 Å². The average Bonchev–Trinajstić information content (AvgIpc) is 2.74. The van der Waals surface area contributed by atoms with Crippen LogP contribution in [0.5, 0.6) is 5.75 Å². The molecule has 0 fully saturated rings. The van der Waals surface area contributed by atoms with Crippen LogP contribution in [0.2, 0.25) is 0 Å². The summed E-state index contributed by atoms with van der Waals surface area (Å²) < 4.78 is 5.05. The second-order valence-electron chi connectivity index (χ2n) is 8.02. The highest BCUT2D eigenvalue weighted by Gasteiger charge is 2.17. The molecule has 1 atom stereocenters. The van der Waals surface area contributed by atoms with Gasteiger partial charge in [-0.1, -0.05) is 31.5 Å². The Morgan fingerprint density at radius 1 is 1.23 bits per heavy atom. The third-order valence-corrected chi connectivity index (χ3v) is 5.51. The number of Topliss-reactive ketones (excluding diaryl/α,β-unsaturated/α-hetero) is 1. The number of ketones is 1. The van der Waals surface area contributed by atoms with Crippen molar-refractivity contribution in [2.24, 2.45) is 0 Å². The first-order valence-corrected chi connectivity index (χ1v) is 10.8. The molecule has 0 aliphatic carbocycles. The first-order chi connectivity index (χ1) is 14.3. The van der Waals surface area contributed by atoms with Crippen molar-refractivity contribution in [1.29, 1.82) is 0 Å². The van der Waals surface area contributed by atoms with E-state index in [2.05, 4.69) is 66.3 Å². The molecule has 30 heavy (non-hydrogen) atoms. The fourth-order valence-corrected chi connectivity index (χ4v) is 3.59. The predicted molar refractivity (Wildman–Crippen MR) is 127 cm³/mol. The number of aryl methyl sites for hydroxylation is 1. The largest absolute Gasteiger partial charge is 0.497 e. The second-order valence-corrected chi connectivity index (χ2v) is 8.02. The van der Waals surface area contributed by atoms with Crippen molar-refractivity contribution in [3.63, 3.8) is 0 Å². The second kappa shape index (κ2) is 11.6. The number of carbonyl (C=O) groups excluding carboxylic acids is 1. The highest BCUT2D eigenvalue weighted by Crippen LogP contribution is 2.32. The summed E-state index contributed by atoms with van der Waals surface area (Å²) in [5.41, 5.74) is 5.06. The van der Waals surface area contributed by atoms with Gasteiger partial charge in [-0.25, -0.2) is 0 Å². The lowest BCUT2D eigenvalue weighted by atomic mass is 10.0. The number of nitrogens with one attached hydrogen (secondary N) is 1. The Balaban J connectivity index is 0.000000248.